The maximum absolute atomic E-state index is 13.3. The van der Waals surface area contributed by atoms with E-state index in [1.165, 1.54) is 11.8 Å². The van der Waals surface area contributed by atoms with Crippen LogP contribution in [0.15, 0.2) is 94.7 Å². The van der Waals surface area contributed by atoms with Crippen LogP contribution in [0.4, 0.5) is 5.69 Å². The fourth-order valence-electron chi connectivity index (χ4n) is 3.63. The molecule has 0 saturated carbocycles. The van der Waals surface area contributed by atoms with Crippen molar-refractivity contribution in [2.24, 2.45) is 4.99 Å². The van der Waals surface area contributed by atoms with Gasteiger partial charge in [-0.05, 0) is 30.7 Å². The topological polar surface area (TPSA) is 76.5 Å². The van der Waals surface area contributed by atoms with Gasteiger partial charge in [0.25, 0.3) is 5.56 Å². The van der Waals surface area contributed by atoms with Gasteiger partial charge in [-0.3, -0.25) is 19.7 Å². The SMILES string of the molecule is COC(=O)Cc1[nH]n(-c2ccccc2)c(=O)c1C(C)=Nc1ccccc1-c1ccccc1. The predicted molar refractivity (Wildman–Crippen MR) is 126 cm³/mol. The zero-order chi connectivity index (χ0) is 22.5. The summed E-state index contributed by atoms with van der Waals surface area (Å²) in [6.07, 6.45) is -0.0614. The molecule has 1 N–H and O–H groups in total. The fraction of sp³-hybridized carbons (Fsp3) is 0.115. The van der Waals surface area contributed by atoms with Gasteiger partial charge in [0.05, 0.1) is 41.9 Å². The number of hydrogen-bond acceptors (Lipinski definition) is 4. The first-order valence-electron chi connectivity index (χ1n) is 10.2. The minimum Gasteiger partial charge on any atom is -0.469 e. The van der Waals surface area contributed by atoms with Gasteiger partial charge in [-0.1, -0.05) is 66.7 Å². The van der Waals surface area contributed by atoms with Crippen LogP contribution in [-0.2, 0) is 16.0 Å². The summed E-state index contributed by atoms with van der Waals surface area (Å²) < 4.78 is 6.26. The molecule has 0 aliphatic carbocycles. The largest absolute Gasteiger partial charge is 0.469 e. The van der Waals surface area contributed by atoms with Gasteiger partial charge in [0.1, 0.15) is 0 Å². The quantitative estimate of drug-likeness (QED) is 0.360. The number of methoxy groups -OCH3 is 1. The van der Waals surface area contributed by atoms with E-state index in [2.05, 4.69) is 5.10 Å². The van der Waals surface area contributed by atoms with Crippen molar-refractivity contribution in [1.29, 1.82) is 0 Å². The van der Waals surface area contributed by atoms with Gasteiger partial charge in [-0.2, -0.15) is 0 Å². The molecule has 0 spiro atoms. The normalized spacial score (nSPS) is 11.4. The van der Waals surface area contributed by atoms with E-state index in [9.17, 15) is 9.59 Å². The van der Waals surface area contributed by atoms with E-state index in [-0.39, 0.29) is 12.0 Å². The lowest BCUT2D eigenvalue weighted by molar-refractivity contribution is -0.139. The molecule has 0 amide bonds. The molecular formula is C26H23N3O3. The molecule has 6 nitrogen and oxygen atoms in total. The van der Waals surface area contributed by atoms with Crippen LogP contribution in [0.2, 0.25) is 0 Å². The van der Waals surface area contributed by atoms with Gasteiger partial charge in [0, 0.05) is 5.56 Å². The number of carbonyl (C=O) groups excluding carboxylic acids is 1. The van der Waals surface area contributed by atoms with Crippen LogP contribution < -0.4 is 5.56 Å². The summed E-state index contributed by atoms with van der Waals surface area (Å²) in [6.45, 7) is 1.78. The fourth-order valence-corrected chi connectivity index (χ4v) is 3.63. The number of aromatic amines is 1. The van der Waals surface area contributed by atoms with Crippen molar-refractivity contribution in [2.45, 2.75) is 13.3 Å². The van der Waals surface area contributed by atoms with Crippen molar-refractivity contribution in [1.82, 2.24) is 9.78 Å². The first-order valence-corrected chi connectivity index (χ1v) is 10.2. The third-order valence-electron chi connectivity index (χ3n) is 5.17. The van der Waals surface area contributed by atoms with Crippen molar-refractivity contribution in [3.8, 4) is 16.8 Å². The lowest BCUT2D eigenvalue weighted by atomic mass is 10.0. The maximum atomic E-state index is 13.3. The highest BCUT2D eigenvalue weighted by atomic mass is 16.5. The van der Waals surface area contributed by atoms with Crippen LogP contribution in [0.5, 0.6) is 0 Å². The molecule has 0 aliphatic heterocycles. The number of esters is 1. The van der Waals surface area contributed by atoms with Crippen LogP contribution in [0.3, 0.4) is 0 Å². The standard InChI is InChI=1S/C26H23N3O3/c1-18(27-22-16-10-9-15-21(22)19-11-5-3-6-12-19)25-23(17-24(30)32-2)28-29(26(25)31)20-13-7-4-8-14-20/h3-16,28H,17H2,1-2H3. The second kappa shape index (κ2) is 9.31. The summed E-state index contributed by atoms with van der Waals surface area (Å²) in [5.41, 5.74) is 4.48. The molecule has 0 aliphatic rings. The van der Waals surface area contributed by atoms with E-state index < -0.39 is 5.97 Å². The lowest BCUT2D eigenvalue weighted by Crippen LogP contribution is -2.20. The highest BCUT2D eigenvalue weighted by molar-refractivity contribution is 6.02. The molecule has 0 unspecified atom stereocenters. The summed E-state index contributed by atoms with van der Waals surface area (Å²) >= 11 is 0. The van der Waals surface area contributed by atoms with Crippen molar-refractivity contribution in [3.63, 3.8) is 0 Å². The van der Waals surface area contributed by atoms with E-state index in [1.807, 2.05) is 84.9 Å². The number of benzene rings is 3. The average Bonchev–Trinajstić information content (AvgIpc) is 3.16. The zero-order valence-corrected chi connectivity index (χ0v) is 17.9. The smallest absolute Gasteiger partial charge is 0.311 e. The molecule has 4 aromatic rings. The number of nitrogens with zero attached hydrogens (tertiary/aromatic N) is 2. The maximum Gasteiger partial charge on any atom is 0.311 e. The highest BCUT2D eigenvalue weighted by Gasteiger charge is 2.20. The summed E-state index contributed by atoms with van der Waals surface area (Å²) in [6, 6.07) is 26.9. The molecule has 0 bridgehead atoms. The third kappa shape index (κ3) is 4.30. The van der Waals surface area contributed by atoms with Crippen molar-refractivity contribution < 1.29 is 9.53 Å². The molecule has 0 atom stereocenters. The Hall–Kier alpha value is -4.19. The minimum absolute atomic E-state index is 0.0614. The average molecular weight is 425 g/mol. The second-order valence-electron chi connectivity index (χ2n) is 7.27. The van der Waals surface area contributed by atoms with Gasteiger partial charge in [-0.15, -0.1) is 0 Å². The Morgan fingerprint density at radius 2 is 1.56 bits per heavy atom. The molecule has 1 aromatic heterocycles. The molecule has 6 heteroatoms. The van der Waals surface area contributed by atoms with Crippen LogP contribution >= 0.6 is 0 Å². The summed E-state index contributed by atoms with van der Waals surface area (Å²) in [4.78, 5) is 30.2. The minimum atomic E-state index is -0.440. The van der Waals surface area contributed by atoms with Crippen molar-refractivity contribution in [2.75, 3.05) is 7.11 Å². The molecule has 32 heavy (non-hydrogen) atoms. The Balaban J connectivity index is 1.85. The Morgan fingerprint density at radius 3 is 2.25 bits per heavy atom. The molecule has 160 valence electrons. The molecule has 1 heterocycles. The summed E-state index contributed by atoms with van der Waals surface area (Å²) in [5.74, 6) is -0.440. The van der Waals surface area contributed by atoms with Crippen molar-refractivity contribution in [3.05, 3.63) is 107 Å². The predicted octanol–water partition coefficient (Wildman–Crippen LogP) is 4.69. The third-order valence-corrected chi connectivity index (χ3v) is 5.17. The Labute approximate surface area is 185 Å². The molecule has 3 aromatic carbocycles. The van der Waals surface area contributed by atoms with Gasteiger partial charge in [-0.25, -0.2) is 4.68 Å². The molecule has 4 rings (SSSR count). The van der Waals surface area contributed by atoms with Gasteiger partial charge < -0.3 is 4.74 Å². The van der Waals surface area contributed by atoms with Crippen LogP contribution in [0.25, 0.3) is 16.8 Å². The Morgan fingerprint density at radius 1 is 0.938 bits per heavy atom. The highest BCUT2D eigenvalue weighted by Crippen LogP contribution is 2.30. The number of hydrogen-bond donors (Lipinski definition) is 1. The number of aromatic nitrogens is 2. The van der Waals surface area contributed by atoms with E-state index in [0.29, 0.717) is 22.7 Å². The molecule has 0 radical (unpaired) electrons. The van der Waals surface area contributed by atoms with Crippen LogP contribution in [0.1, 0.15) is 18.2 Å². The number of H-pyrrole nitrogens is 1. The van der Waals surface area contributed by atoms with Gasteiger partial charge in [0.2, 0.25) is 0 Å². The zero-order valence-electron chi connectivity index (χ0n) is 17.9. The molecule has 0 fully saturated rings. The van der Waals surface area contributed by atoms with Gasteiger partial charge >= 0.3 is 5.97 Å². The Kier molecular flexibility index (Phi) is 6.12. The number of aliphatic imine (C=N–C) groups is 1. The molecule has 0 saturated heterocycles. The van der Waals surface area contributed by atoms with Crippen molar-refractivity contribution >= 4 is 17.4 Å². The first kappa shape index (κ1) is 21.1. The number of nitrogens with one attached hydrogen (secondary N) is 1. The van der Waals surface area contributed by atoms with E-state index in [1.54, 1.807) is 6.92 Å². The number of carbonyl (C=O) groups is 1. The Bertz CT molecular complexity index is 1320. The number of para-hydroxylation sites is 2. The second-order valence-corrected chi connectivity index (χ2v) is 7.27. The number of rotatable bonds is 6. The lowest BCUT2D eigenvalue weighted by Gasteiger charge is -2.07. The summed E-state index contributed by atoms with van der Waals surface area (Å²) in [5, 5.41) is 3.07. The monoisotopic (exact) mass is 425 g/mol. The van der Waals surface area contributed by atoms with Gasteiger partial charge in [0.15, 0.2) is 0 Å². The van der Waals surface area contributed by atoms with Crippen LogP contribution in [-0.4, -0.2) is 28.6 Å². The van der Waals surface area contributed by atoms with E-state index in [0.717, 1.165) is 16.8 Å². The van der Waals surface area contributed by atoms with Crippen LogP contribution in [0, 0.1) is 0 Å². The van der Waals surface area contributed by atoms with E-state index >= 15 is 0 Å². The molecular weight excluding hydrogens is 402 g/mol. The first-order chi connectivity index (χ1) is 15.6. The number of ether oxygens (including phenoxy) is 1. The van der Waals surface area contributed by atoms with E-state index in [4.69, 9.17) is 9.73 Å². The summed E-state index contributed by atoms with van der Waals surface area (Å²) in [7, 11) is 1.32.